The molecule has 1 aliphatic rings. The fourth-order valence-electron chi connectivity index (χ4n) is 1.64. The summed E-state index contributed by atoms with van der Waals surface area (Å²) in [4.78, 5) is 11.8. The number of ketones is 1. The maximum absolute atomic E-state index is 11.8. The van der Waals surface area contributed by atoms with Crippen molar-refractivity contribution in [3.05, 3.63) is 0 Å². The van der Waals surface area contributed by atoms with Crippen LogP contribution in [0.2, 0.25) is 0 Å². The van der Waals surface area contributed by atoms with Crippen molar-refractivity contribution in [2.24, 2.45) is 11.8 Å². The average molecular weight is 198 g/mol. The van der Waals surface area contributed by atoms with Gasteiger partial charge in [-0.3, -0.25) is 4.79 Å². The smallest absolute Gasteiger partial charge is 0.161 e. The van der Waals surface area contributed by atoms with E-state index in [4.69, 9.17) is 4.74 Å². The van der Waals surface area contributed by atoms with Crippen molar-refractivity contribution in [1.29, 1.82) is 0 Å². The predicted octanol–water partition coefficient (Wildman–Crippen LogP) is 2.81. The Kier molecular flexibility index (Phi) is 4.59. The summed E-state index contributed by atoms with van der Waals surface area (Å²) in [5.74, 6) is 1.47. The Bertz CT molecular complexity index is 183. The van der Waals surface area contributed by atoms with Gasteiger partial charge in [-0.05, 0) is 38.0 Å². The van der Waals surface area contributed by atoms with Gasteiger partial charge < -0.3 is 4.74 Å². The van der Waals surface area contributed by atoms with Crippen molar-refractivity contribution in [3.63, 3.8) is 0 Å². The molecule has 0 aromatic rings. The average Bonchev–Trinajstić information content (AvgIpc) is 2.93. The highest BCUT2D eigenvalue weighted by Crippen LogP contribution is 2.35. The molecule has 1 saturated carbocycles. The SMILES string of the molecule is CCOC(C(=O)CCC(C)C)C1CC1. The van der Waals surface area contributed by atoms with E-state index in [-0.39, 0.29) is 6.10 Å². The van der Waals surface area contributed by atoms with Gasteiger partial charge in [0.2, 0.25) is 0 Å². The molecule has 0 spiro atoms. The number of carbonyl (C=O) groups is 1. The zero-order chi connectivity index (χ0) is 10.6. The molecule has 1 aliphatic carbocycles. The number of carbonyl (C=O) groups excluding carboxylic acids is 1. The summed E-state index contributed by atoms with van der Waals surface area (Å²) in [6.45, 7) is 6.93. The number of Topliss-reactive ketones (excluding diaryl/α,β-unsaturated/α-hetero) is 1. The van der Waals surface area contributed by atoms with Crippen LogP contribution in [0.3, 0.4) is 0 Å². The zero-order valence-electron chi connectivity index (χ0n) is 9.58. The van der Waals surface area contributed by atoms with Gasteiger partial charge in [-0.15, -0.1) is 0 Å². The van der Waals surface area contributed by atoms with Crippen LogP contribution in [-0.4, -0.2) is 18.5 Å². The van der Waals surface area contributed by atoms with Crippen molar-refractivity contribution in [2.45, 2.75) is 52.6 Å². The normalized spacial score (nSPS) is 18.6. The van der Waals surface area contributed by atoms with E-state index in [9.17, 15) is 4.79 Å². The predicted molar refractivity (Wildman–Crippen MR) is 57.2 cm³/mol. The Balaban J connectivity index is 2.30. The Labute approximate surface area is 87.0 Å². The van der Waals surface area contributed by atoms with Gasteiger partial charge in [0.15, 0.2) is 5.78 Å². The number of hydrogen-bond acceptors (Lipinski definition) is 2. The molecule has 1 fully saturated rings. The molecule has 0 aromatic carbocycles. The Morgan fingerprint density at radius 1 is 1.43 bits per heavy atom. The molecule has 0 bridgehead atoms. The summed E-state index contributed by atoms with van der Waals surface area (Å²) in [6.07, 6.45) is 3.96. The maximum Gasteiger partial charge on any atom is 0.161 e. The van der Waals surface area contributed by atoms with E-state index in [0.29, 0.717) is 30.6 Å². The van der Waals surface area contributed by atoms with E-state index in [1.807, 2.05) is 6.92 Å². The number of rotatable bonds is 7. The minimum absolute atomic E-state index is 0.0845. The molecule has 1 atom stereocenters. The van der Waals surface area contributed by atoms with Gasteiger partial charge in [0.05, 0.1) is 0 Å². The molecule has 0 heterocycles. The summed E-state index contributed by atoms with van der Waals surface area (Å²) in [6, 6.07) is 0. The first-order valence-corrected chi connectivity index (χ1v) is 5.79. The maximum atomic E-state index is 11.8. The van der Waals surface area contributed by atoms with E-state index in [0.717, 1.165) is 6.42 Å². The van der Waals surface area contributed by atoms with Crippen molar-refractivity contribution in [2.75, 3.05) is 6.61 Å². The molecule has 0 N–H and O–H groups in total. The Hall–Kier alpha value is -0.370. The lowest BCUT2D eigenvalue weighted by molar-refractivity contribution is -0.131. The van der Waals surface area contributed by atoms with Crippen molar-refractivity contribution in [1.82, 2.24) is 0 Å². The first-order valence-electron chi connectivity index (χ1n) is 5.79. The minimum atomic E-state index is -0.0845. The third-order valence-corrected chi connectivity index (χ3v) is 2.68. The van der Waals surface area contributed by atoms with Gasteiger partial charge in [0.1, 0.15) is 6.10 Å². The van der Waals surface area contributed by atoms with Crippen molar-refractivity contribution < 1.29 is 9.53 Å². The molecule has 1 unspecified atom stereocenters. The van der Waals surface area contributed by atoms with Crippen LogP contribution in [0.15, 0.2) is 0 Å². The molecule has 1 rings (SSSR count). The number of hydrogen-bond donors (Lipinski definition) is 0. The second-order valence-electron chi connectivity index (χ2n) is 4.61. The number of ether oxygens (including phenoxy) is 1. The van der Waals surface area contributed by atoms with E-state index in [1.54, 1.807) is 0 Å². The van der Waals surface area contributed by atoms with Crippen LogP contribution in [0, 0.1) is 11.8 Å². The van der Waals surface area contributed by atoms with E-state index in [2.05, 4.69) is 13.8 Å². The lowest BCUT2D eigenvalue weighted by atomic mass is 10.0. The summed E-state index contributed by atoms with van der Waals surface area (Å²) in [7, 11) is 0. The minimum Gasteiger partial charge on any atom is -0.370 e. The first-order chi connectivity index (χ1) is 6.65. The Morgan fingerprint density at radius 3 is 2.50 bits per heavy atom. The standard InChI is InChI=1S/C12H22O2/c1-4-14-12(10-6-7-10)11(13)8-5-9(2)3/h9-10,12H,4-8H2,1-3H3. The van der Waals surface area contributed by atoms with Gasteiger partial charge in [0, 0.05) is 13.0 Å². The highest BCUT2D eigenvalue weighted by Gasteiger charge is 2.36. The van der Waals surface area contributed by atoms with Crippen LogP contribution in [-0.2, 0) is 9.53 Å². The van der Waals surface area contributed by atoms with Crippen LogP contribution in [0.5, 0.6) is 0 Å². The van der Waals surface area contributed by atoms with Crippen LogP contribution in [0.1, 0.15) is 46.5 Å². The third-order valence-electron chi connectivity index (χ3n) is 2.68. The zero-order valence-corrected chi connectivity index (χ0v) is 9.58. The molecule has 14 heavy (non-hydrogen) atoms. The van der Waals surface area contributed by atoms with Gasteiger partial charge in [-0.1, -0.05) is 13.8 Å². The quantitative estimate of drug-likeness (QED) is 0.628. The first kappa shape index (κ1) is 11.7. The van der Waals surface area contributed by atoms with Crippen LogP contribution < -0.4 is 0 Å². The summed E-state index contributed by atoms with van der Waals surface area (Å²) in [5, 5.41) is 0. The fraction of sp³-hybridized carbons (Fsp3) is 0.917. The van der Waals surface area contributed by atoms with E-state index in [1.165, 1.54) is 12.8 Å². The van der Waals surface area contributed by atoms with Crippen LogP contribution >= 0.6 is 0 Å². The van der Waals surface area contributed by atoms with Gasteiger partial charge in [-0.2, -0.15) is 0 Å². The largest absolute Gasteiger partial charge is 0.370 e. The molecule has 0 aromatic heterocycles. The highest BCUT2D eigenvalue weighted by molar-refractivity contribution is 5.83. The lowest BCUT2D eigenvalue weighted by Gasteiger charge is -2.15. The van der Waals surface area contributed by atoms with E-state index < -0.39 is 0 Å². The van der Waals surface area contributed by atoms with Crippen LogP contribution in [0.25, 0.3) is 0 Å². The highest BCUT2D eigenvalue weighted by atomic mass is 16.5. The summed E-state index contributed by atoms with van der Waals surface area (Å²) in [5.41, 5.74) is 0. The Morgan fingerprint density at radius 2 is 2.07 bits per heavy atom. The summed E-state index contributed by atoms with van der Waals surface area (Å²) < 4.78 is 5.51. The van der Waals surface area contributed by atoms with E-state index >= 15 is 0 Å². The van der Waals surface area contributed by atoms with Crippen molar-refractivity contribution >= 4 is 5.78 Å². The molecule has 0 saturated heterocycles. The molecule has 2 nitrogen and oxygen atoms in total. The molecule has 82 valence electrons. The monoisotopic (exact) mass is 198 g/mol. The molecular weight excluding hydrogens is 176 g/mol. The fourth-order valence-corrected chi connectivity index (χ4v) is 1.64. The summed E-state index contributed by atoms with van der Waals surface area (Å²) >= 11 is 0. The topological polar surface area (TPSA) is 26.3 Å². The molecule has 0 radical (unpaired) electrons. The van der Waals surface area contributed by atoms with Crippen LogP contribution in [0.4, 0.5) is 0 Å². The van der Waals surface area contributed by atoms with Gasteiger partial charge in [-0.25, -0.2) is 0 Å². The lowest BCUT2D eigenvalue weighted by Crippen LogP contribution is -2.26. The molecule has 2 heteroatoms. The molecule has 0 aliphatic heterocycles. The van der Waals surface area contributed by atoms with Gasteiger partial charge in [0.25, 0.3) is 0 Å². The second kappa shape index (κ2) is 5.50. The second-order valence-corrected chi connectivity index (χ2v) is 4.61. The molecule has 0 amide bonds. The molecular formula is C12H22O2. The van der Waals surface area contributed by atoms with Crippen molar-refractivity contribution in [3.8, 4) is 0 Å². The third kappa shape index (κ3) is 3.79. The van der Waals surface area contributed by atoms with Gasteiger partial charge >= 0.3 is 0 Å².